The molecule has 0 aliphatic carbocycles. The van der Waals surface area contributed by atoms with Gasteiger partial charge in [0, 0.05) is 12.7 Å². The molecule has 1 heterocycles. The highest BCUT2D eigenvalue weighted by Crippen LogP contribution is 2.16. The second-order valence-corrected chi connectivity index (χ2v) is 4.71. The topological polar surface area (TPSA) is 81.4 Å². The minimum atomic E-state index is -1.22. The highest BCUT2D eigenvalue weighted by Gasteiger charge is 2.19. The van der Waals surface area contributed by atoms with Gasteiger partial charge in [-0.25, -0.2) is 0 Å². The Labute approximate surface area is 115 Å². The number of rotatable bonds is 5. The Balaban J connectivity index is 2.20. The first kappa shape index (κ1) is 14.0. The molecule has 0 aliphatic heterocycles. The van der Waals surface area contributed by atoms with Crippen LogP contribution in [0, 0.1) is 4.77 Å². The van der Waals surface area contributed by atoms with Crippen molar-refractivity contribution in [1.82, 2.24) is 9.55 Å². The molecule has 1 aromatic carbocycles. The minimum absolute atomic E-state index is 0.391. The standard InChI is InChI=1S/C13H16N2O3S/c16-8-11(17)12(18)10-7-15(13(19)14-10)6-9-4-2-1-3-5-9/h1-5,7,11-12,16-18H,6,8H2,(H,14,19)/t11-,12+/m1/s1. The largest absolute Gasteiger partial charge is 0.394 e. The van der Waals surface area contributed by atoms with Crippen LogP contribution in [0.15, 0.2) is 36.5 Å². The number of nitrogens with zero attached hydrogens (tertiary/aromatic N) is 1. The summed E-state index contributed by atoms with van der Waals surface area (Å²) >= 11 is 5.17. The Morgan fingerprint density at radius 3 is 2.53 bits per heavy atom. The molecule has 0 saturated carbocycles. The molecule has 6 heteroatoms. The van der Waals surface area contributed by atoms with E-state index in [1.54, 1.807) is 10.8 Å². The second kappa shape index (κ2) is 6.12. The van der Waals surface area contributed by atoms with Crippen LogP contribution in [0.5, 0.6) is 0 Å². The van der Waals surface area contributed by atoms with E-state index in [0.717, 1.165) is 5.56 Å². The molecular weight excluding hydrogens is 264 g/mol. The van der Waals surface area contributed by atoms with E-state index in [4.69, 9.17) is 17.3 Å². The van der Waals surface area contributed by atoms with E-state index in [1.165, 1.54) is 0 Å². The number of aromatic nitrogens is 2. The zero-order valence-electron chi connectivity index (χ0n) is 10.2. The van der Waals surface area contributed by atoms with Crippen LogP contribution in [0.2, 0.25) is 0 Å². The lowest BCUT2D eigenvalue weighted by Gasteiger charge is -2.13. The SMILES string of the molecule is OC[C@@H](O)[C@@H](O)c1cn(Cc2ccccc2)c(=S)[nH]1. The molecule has 0 amide bonds. The number of hydrogen-bond donors (Lipinski definition) is 4. The van der Waals surface area contributed by atoms with Crippen LogP contribution in [-0.4, -0.2) is 37.6 Å². The number of H-pyrrole nitrogens is 1. The predicted molar refractivity (Wildman–Crippen MR) is 73.2 cm³/mol. The van der Waals surface area contributed by atoms with E-state index < -0.39 is 18.8 Å². The third-order valence-corrected chi connectivity index (χ3v) is 3.21. The van der Waals surface area contributed by atoms with Gasteiger partial charge in [-0.05, 0) is 17.8 Å². The van der Waals surface area contributed by atoms with Crippen molar-refractivity contribution in [2.45, 2.75) is 18.8 Å². The lowest BCUT2D eigenvalue weighted by atomic mass is 10.1. The maximum Gasteiger partial charge on any atom is 0.177 e. The summed E-state index contributed by atoms with van der Waals surface area (Å²) in [6.45, 7) is 0.0732. The van der Waals surface area contributed by atoms with Crippen molar-refractivity contribution in [2.24, 2.45) is 0 Å². The molecule has 0 fully saturated rings. The summed E-state index contributed by atoms with van der Waals surface area (Å²) in [5.74, 6) is 0. The first-order valence-corrected chi connectivity index (χ1v) is 6.33. The molecule has 0 unspecified atom stereocenters. The van der Waals surface area contributed by atoms with E-state index in [9.17, 15) is 10.2 Å². The van der Waals surface area contributed by atoms with E-state index in [1.807, 2.05) is 30.3 Å². The van der Waals surface area contributed by atoms with Crippen LogP contribution < -0.4 is 0 Å². The van der Waals surface area contributed by atoms with Crippen LogP contribution in [0.25, 0.3) is 0 Å². The number of aromatic amines is 1. The molecule has 1 aromatic heterocycles. The van der Waals surface area contributed by atoms with Crippen LogP contribution in [0.4, 0.5) is 0 Å². The Morgan fingerprint density at radius 1 is 1.21 bits per heavy atom. The van der Waals surface area contributed by atoms with Crippen molar-refractivity contribution in [3.63, 3.8) is 0 Å². The summed E-state index contributed by atoms with van der Waals surface area (Å²) in [4.78, 5) is 2.84. The van der Waals surface area contributed by atoms with Gasteiger partial charge in [-0.2, -0.15) is 0 Å². The fourth-order valence-corrected chi connectivity index (χ4v) is 2.04. The molecule has 2 aromatic rings. The Hall–Kier alpha value is -1.47. The van der Waals surface area contributed by atoms with E-state index in [0.29, 0.717) is 17.0 Å². The van der Waals surface area contributed by atoms with E-state index in [2.05, 4.69) is 4.98 Å². The van der Waals surface area contributed by atoms with Crippen molar-refractivity contribution < 1.29 is 15.3 Å². The van der Waals surface area contributed by atoms with Crippen molar-refractivity contribution in [1.29, 1.82) is 0 Å². The van der Waals surface area contributed by atoms with Crippen molar-refractivity contribution in [3.8, 4) is 0 Å². The lowest BCUT2D eigenvalue weighted by Crippen LogP contribution is -2.22. The van der Waals surface area contributed by atoms with E-state index in [-0.39, 0.29) is 0 Å². The van der Waals surface area contributed by atoms with Crippen molar-refractivity contribution in [2.75, 3.05) is 6.61 Å². The van der Waals surface area contributed by atoms with Crippen LogP contribution in [0.3, 0.4) is 0 Å². The summed E-state index contributed by atoms with van der Waals surface area (Å²) in [7, 11) is 0. The molecule has 0 saturated heterocycles. The van der Waals surface area contributed by atoms with Crippen molar-refractivity contribution in [3.05, 3.63) is 52.6 Å². The average molecular weight is 280 g/mol. The molecule has 4 N–H and O–H groups in total. The van der Waals surface area contributed by atoms with Gasteiger partial charge in [-0.1, -0.05) is 30.3 Å². The first-order valence-electron chi connectivity index (χ1n) is 5.92. The van der Waals surface area contributed by atoms with Gasteiger partial charge in [0.05, 0.1) is 12.3 Å². The van der Waals surface area contributed by atoms with Crippen LogP contribution in [0.1, 0.15) is 17.4 Å². The molecule has 0 spiro atoms. The number of hydrogen-bond acceptors (Lipinski definition) is 4. The number of benzene rings is 1. The highest BCUT2D eigenvalue weighted by molar-refractivity contribution is 7.71. The fraction of sp³-hybridized carbons (Fsp3) is 0.308. The van der Waals surface area contributed by atoms with Gasteiger partial charge in [0.15, 0.2) is 4.77 Å². The molecule has 0 bridgehead atoms. The van der Waals surface area contributed by atoms with Gasteiger partial charge in [0.2, 0.25) is 0 Å². The molecule has 0 radical (unpaired) electrons. The summed E-state index contributed by atoms with van der Waals surface area (Å²) < 4.78 is 2.23. The second-order valence-electron chi connectivity index (χ2n) is 4.32. The quantitative estimate of drug-likeness (QED) is 0.615. The van der Waals surface area contributed by atoms with Crippen LogP contribution >= 0.6 is 12.2 Å². The number of aliphatic hydroxyl groups is 3. The molecule has 2 rings (SSSR count). The summed E-state index contributed by atoms with van der Waals surface area (Å²) in [5.41, 5.74) is 1.48. The Bertz CT molecular complexity index is 579. The summed E-state index contributed by atoms with van der Waals surface area (Å²) in [6, 6.07) is 9.78. The Morgan fingerprint density at radius 2 is 1.89 bits per heavy atom. The van der Waals surface area contributed by atoms with Gasteiger partial charge in [-0.3, -0.25) is 0 Å². The van der Waals surface area contributed by atoms with E-state index >= 15 is 0 Å². The molecule has 19 heavy (non-hydrogen) atoms. The fourth-order valence-electron chi connectivity index (χ4n) is 1.81. The van der Waals surface area contributed by atoms with Crippen molar-refractivity contribution >= 4 is 12.2 Å². The smallest absolute Gasteiger partial charge is 0.177 e. The maximum atomic E-state index is 9.79. The minimum Gasteiger partial charge on any atom is -0.394 e. The zero-order chi connectivity index (χ0) is 13.8. The highest BCUT2D eigenvalue weighted by atomic mass is 32.1. The molecule has 5 nitrogen and oxygen atoms in total. The third-order valence-electron chi connectivity index (χ3n) is 2.87. The third kappa shape index (κ3) is 3.30. The first-order chi connectivity index (χ1) is 9.11. The van der Waals surface area contributed by atoms with Gasteiger partial charge >= 0.3 is 0 Å². The van der Waals surface area contributed by atoms with Crippen LogP contribution in [-0.2, 0) is 6.54 Å². The van der Waals surface area contributed by atoms with Gasteiger partial charge in [0.25, 0.3) is 0 Å². The normalized spacial score (nSPS) is 14.3. The van der Waals surface area contributed by atoms with Gasteiger partial charge in [-0.15, -0.1) is 0 Å². The number of nitrogens with one attached hydrogen (secondary N) is 1. The molecule has 2 atom stereocenters. The molecular formula is C13H16N2O3S. The van der Waals surface area contributed by atoms with Gasteiger partial charge < -0.3 is 24.9 Å². The predicted octanol–water partition coefficient (Wildman–Crippen LogP) is 0.981. The monoisotopic (exact) mass is 280 g/mol. The Kier molecular flexibility index (Phi) is 4.49. The number of imidazole rings is 1. The average Bonchev–Trinajstić information content (AvgIpc) is 2.79. The zero-order valence-corrected chi connectivity index (χ0v) is 11.0. The summed E-state index contributed by atoms with van der Waals surface area (Å²) in [6.07, 6.45) is -0.749. The molecule has 102 valence electrons. The lowest BCUT2D eigenvalue weighted by molar-refractivity contribution is -0.0171. The summed E-state index contributed by atoms with van der Waals surface area (Å²) in [5, 5.41) is 28.0. The maximum absolute atomic E-state index is 9.79. The molecule has 0 aliphatic rings. The van der Waals surface area contributed by atoms with Gasteiger partial charge in [0.1, 0.15) is 12.2 Å². The number of aliphatic hydroxyl groups excluding tert-OH is 3.